The Balaban J connectivity index is 0. The minimum Gasteiger partial charge on any atom is -0.412 e. The van der Waals surface area contributed by atoms with Crippen LogP contribution in [0, 0.1) is 0 Å². The van der Waals surface area contributed by atoms with E-state index in [9.17, 15) is 0 Å². The van der Waals surface area contributed by atoms with E-state index in [4.69, 9.17) is 0 Å². The van der Waals surface area contributed by atoms with E-state index in [1.54, 1.807) is 0 Å². The average molecular weight is 98.1 g/mol. The quantitative estimate of drug-likeness (QED) is 0.260. The molecular weight excluding hydrogens is 93.0 g/mol. The molecule has 0 aliphatic carbocycles. The zero-order valence-electron chi connectivity index (χ0n) is 3.21. The molecule has 0 aromatic carbocycles. The molecule has 0 amide bonds. The van der Waals surface area contributed by atoms with Gasteiger partial charge in [0.05, 0.1) is 0 Å². The summed E-state index contributed by atoms with van der Waals surface area (Å²) in [4.78, 5) is 0. The van der Waals surface area contributed by atoms with Crippen molar-refractivity contribution in [3.05, 3.63) is 0 Å². The SMILES string of the molecule is O.P.[K].[Li]. The van der Waals surface area contributed by atoms with Gasteiger partial charge in [-0.05, 0) is 0 Å². The van der Waals surface area contributed by atoms with Gasteiger partial charge >= 0.3 is 0 Å². The monoisotopic (exact) mass is 98.0 g/mol. The molecule has 0 saturated heterocycles. The normalized spacial score (nSPS) is 0. The third-order valence-electron chi connectivity index (χ3n) is 0. The van der Waals surface area contributed by atoms with Gasteiger partial charge in [0.1, 0.15) is 0 Å². The van der Waals surface area contributed by atoms with Crippen LogP contribution in [0.5, 0.6) is 0 Å². The molecule has 4 heteroatoms. The molecular formula is H5KLiOP. The minimum absolute atomic E-state index is 0. The molecule has 0 aromatic rings. The van der Waals surface area contributed by atoms with Crippen molar-refractivity contribution in [2.24, 2.45) is 0 Å². The first-order valence-corrected chi connectivity index (χ1v) is 0. The van der Waals surface area contributed by atoms with Crippen LogP contribution >= 0.6 is 9.90 Å². The third kappa shape index (κ3) is 8.82. The van der Waals surface area contributed by atoms with Crippen molar-refractivity contribution in [2.75, 3.05) is 0 Å². The van der Waals surface area contributed by atoms with Crippen molar-refractivity contribution >= 4 is 80.1 Å². The van der Waals surface area contributed by atoms with E-state index in [-0.39, 0.29) is 85.6 Å². The van der Waals surface area contributed by atoms with Gasteiger partial charge in [-0.25, -0.2) is 0 Å². The van der Waals surface area contributed by atoms with Gasteiger partial charge in [0.2, 0.25) is 0 Å². The van der Waals surface area contributed by atoms with Gasteiger partial charge in [-0.15, -0.1) is 0 Å². The molecule has 0 rings (SSSR count). The summed E-state index contributed by atoms with van der Waals surface area (Å²) < 4.78 is 0. The molecule has 0 fully saturated rings. The summed E-state index contributed by atoms with van der Waals surface area (Å²) in [6.45, 7) is 0. The average Bonchev–Trinajstić information content (AvgIpc) is 0. The standard InChI is InChI=1S/K.Li.H2O.H3P/h;;1H2;1H3. The van der Waals surface area contributed by atoms with Crippen molar-refractivity contribution in [1.82, 2.24) is 0 Å². The molecule has 0 aliphatic rings. The number of hydrogen-bond donors (Lipinski definition) is 0. The first kappa shape index (κ1) is 30.4. The Bertz CT molecular complexity index is 8.00. The summed E-state index contributed by atoms with van der Waals surface area (Å²) in [5.41, 5.74) is 0. The first-order valence-electron chi connectivity index (χ1n) is 0. The maximum absolute atomic E-state index is 0. The molecule has 18 valence electrons. The summed E-state index contributed by atoms with van der Waals surface area (Å²) in [7, 11) is 0. The Morgan fingerprint density at radius 1 is 1.00 bits per heavy atom. The Labute approximate surface area is 83.8 Å². The summed E-state index contributed by atoms with van der Waals surface area (Å²) >= 11 is 0. The Morgan fingerprint density at radius 3 is 1.00 bits per heavy atom. The molecule has 0 saturated carbocycles. The van der Waals surface area contributed by atoms with Crippen LogP contribution in [-0.2, 0) is 0 Å². The fraction of sp³-hybridized carbons (Fsp3) is 0. The second-order valence-corrected chi connectivity index (χ2v) is 0. The van der Waals surface area contributed by atoms with E-state index < -0.39 is 0 Å². The Kier molecular flexibility index (Phi) is 133. The topological polar surface area (TPSA) is 31.5 Å². The van der Waals surface area contributed by atoms with E-state index in [0.29, 0.717) is 0 Å². The second kappa shape index (κ2) is 17.5. The van der Waals surface area contributed by atoms with Crippen molar-refractivity contribution in [2.45, 2.75) is 0 Å². The van der Waals surface area contributed by atoms with Crippen molar-refractivity contribution in [1.29, 1.82) is 0 Å². The Hall–Kier alpha value is 2.62. The molecule has 0 heterocycles. The summed E-state index contributed by atoms with van der Waals surface area (Å²) in [6.07, 6.45) is 0. The Morgan fingerprint density at radius 2 is 1.00 bits per heavy atom. The zero-order chi connectivity index (χ0) is 0. The first-order chi connectivity index (χ1) is 0. The number of hydrogen-bond acceptors (Lipinski definition) is 0. The molecule has 1 atom stereocenters. The van der Waals surface area contributed by atoms with E-state index in [0.717, 1.165) is 0 Å². The van der Waals surface area contributed by atoms with Crippen LogP contribution in [0.4, 0.5) is 0 Å². The van der Waals surface area contributed by atoms with Gasteiger partial charge < -0.3 is 5.48 Å². The second-order valence-electron chi connectivity index (χ2n) is 0. The van der Waals surface area contributed by atoms with Gasteiger partial charge in [0, 0.05) is 70.2 Å². The van der Waals surface area contributed by atoms with Crippen LogP contribution in [0.3, 0.4) is 0 Å². The van der Waals surface area contributed by atoms with Gasteiger partial charge in [-0.3, -0.25) is 0 Å². The van der Waals surface area contributed by atoms with Crippen molar-refractivity contribution in [3.63, 3.8) is 0 Å². The summed E-state index contributed by atoms with van der Waals surface area (Å²) in [6, 6.07) is 0. The predicted molar refractivity (Wildman–Crippen MR) is 26.2 cm³/mol. The minimum atomic E-state index is 0. The maximum atomic E-state index is 0. The molecule has 0 bridgehead atoms. The molecule has 0 spiro atoms. The van der Waals surface area contributed by atoms with E-state index >= 15 is 0 Å². The fourth-order valence-electron chi connectivity index (χ4n) is 0. The van der Waals surface area contributed by atoms with E-state index in [1.165, 1.54) is 0 Å². The molecule has 0 aromatic heterocycles. The number of rotatable bonds is 0. The van der Waals surface area contributed by atoms with Crippen LogP contribution in [0.2, 0.25) is 0 Å². The summed E-state index contributed by atoms with van der Waals surface area (Å²) in [5.74, 6) is 0. The molecule has 2 N–H and O–H groups in total. The van der Waals surface area contributed by atoms with Crippen LogP contribution in [0.15, 0.2) is 0 Å². The van der Waals surface area contributed by atoms with E-state index in [2.05, 4.69) is 0 Å². The molecule has 2 radical (unpaired) electrons. The van der Waals surface area contributed by atoms with E-state index in [1.807, 2.05) is 0 Å². The van der Waals surface area contributed by atoms with Crippen molar-refractivity contribution < 1.29 is 5.48 Å². The third-order valence-corrected chi connectivity index (χ3v) is 0. The van der Waals surface area contributed by atoms with Crippen LogP contribution in [-0.4, -0.2) is 75.7 Å². The maximum Gasteiger partial charge on any atom is 0 e. The molecule has 4 heavy (non-hydrogen) atoms. The fourth-order valence-corrected chi connectivity index (χ4v) is 0. The smallest absolute Gasteiger partial charge is 0 e. The largest absolute Gasteiger partial charge is 0.412 e. The van der Waals surface area contributed by atoms with Crippen molar-refractivity contribution in [3.8, 4) is 0 Å². The van der Waals surface area contributed by atoms with Gasteiger partial charge in [0.15, 0.2) is 0 Å². The molecule has 1 nitrogen and oxygen atoms in total. The zero-order valence-corrected chi connectivity index (χ0v) is 7.74. The van der Waals surface area contributed by atoms with Crippen LogP contribution in [0.1, 0.15) is 0 Å². The summed E-state index contributed by atoms with van der Waals surface area (Å²) in [5, 5.41) is 0. The van der Waals surface area contributed by atoms with Gasteiger partial charge in [0.25, 0.3) is 0 Å². The molecule has 1 unspecified atom stereocenters. The van der Waals surface area contributed by atoms with Gasteiger partial charge in [-0.2, -0.15) is 9.90 Å². The van der Waals surface area contributed by atoms with Crippen LogP contribution in [0.25, 0.3) is 0 Å². The molecule has 0 aliphatic heterocycles. The van der Waals surface area contributed by atoms with Crippen LogP contribution < -0.4 is 0 Å². The predicted octanol–water partition coefficient (Wildman–Crippen LogP) is -1.53. The van der Waals surface area contributed by atoms with Gasteiger partial charge in [-0.1, -0.05) is 0 Å².